The Kier molecular flexibility index (Phi) is 5.49. The molecule has 1 aromatic carbocycles. The standard InChI is InChI=1S/C15H22FN3O/c1-19(10-12-3-2-8-17-9-12)11-15(20)18-14-6-4-13(16)5-7-14/h4-7,12,17H,2-3,8-11H2,1H3,(H,18,20). The predicted molar refractivity (Wildman–Crippen MR) is 78.1 cm³/mol. The summed E-state index contributed by atoms with van der Waals surface area (Å²) >= 11 is 0. The lowest BCUT2D eigenvalue weighted by molar-refractivity contribution is -0.117. The first kappa shape index (κ1) is 14.9. The van der Waals surface area contributed by atoms with Crippen molar-refractivity contribution in [1.82, 2.24) is 10.2 Å². The normalized spacial score (nSPS) is 19.1. The molecule has 0 radical (unpaired) electrons. The van der Waals surface area contributed by atoms with Gasteiger partial charge in [0.15, 0.2) is 0 Å². The molecule has 20 heavy (non-hydrogen) atoms. The maximum Gasteiger partial charge on any atom is 0.238 e. The number of hydrogen-bond donors (Lipinski definition) is 2. The number of benzene rings is 1. The smallest absolute Gasteiger partial charge is 0.238 e. The van der Waals surface area contributed by atoms with Crippen LogP contribution in [0.15, 0.2) is 24.3 Å². The lowest BCUT2D eigenvalue weighted by Gasteiger charge is -2.27. The molecule has 1 unspecified atom stereocenters. The maximum absolute atomic E-state index is 12.8. The second kappa shape index (κ2) is 7.36. The Hall–Kier alpha value is -1.46. The number of likely N-dealkylation sites (N-methyl/N-ethyl adjacent to an activating group) is 1. The van der Waals surface area contributed by atoms with Gasteiger partial charge in [-0.1, -0.05) is 0 Å². The number of carbonyl (C=O) groups is 1. The summed E-state index contributed by atoms with van der Waals surface area (Å²) in [5, 5.41) is 6.15. The molecule has 0 bridgehead atoms. The van der Waals surface area contributed by atoms with Crippen molar-refractivity contribution in [2.75, 3.05) is 38.5 Å². The molecule has 2 rings (SSSR count). The van der Waals surface area contributed by atoms with Crippen molar-refractivity contribution < 1.29 is 9.18 Å². The van der Waals surface area contributed by atoms with Crippen molar-refractivity contribution in [1.29, 1.82) is 0 Å². The van der Waals surface area contributed by atoms with Crippen LogP contribution in [0.5, 0.6) is 0 Å². The van der Waals surface area contributed by atoms with Crippen LogP contribution in [-0.2, 0) is 4.79 Å². The van der Waals surface area contributed by atoms with Crippen LogP contribution in [0.4, 0.5) is 10.1 Å². The molecule has 0 saturated carbocycles. The summed E-state index contributed by atoms with van der Waals surface area (Å²) in [6, 6.07) is 5.82. The Bertz CT molecular complexity index is 429. The maximum atomic E-state index is 12.8. The topological polar surface area (TPSA) is 44.4 Å². The van der Waals surface area contributed by atoms with Gasteiger partial charge in [-0.15, -0.1) is 0 Å². The monoisotopic (exact) mass is 279 g/mol. The molecule has 1 aliphatic heterocycles. The van der Waals surface area contributed by atoms with Gasteiger partial charge in [-0.25, -0.2) is 4.39 Å². The van der Waals surface area contributed by atoms with Gasteiger partial charge in [0.2, 0.25) is 5.91 Å². The second-order valence-electron chi connectivity index (χ2n) is 5.46. The Labute approximate surface area is 119 Å². The highest BCUT2D eigenvalue weighted by atomic mass is 19.1. The van der Waals surface area contributed by atoms with Gasteiger partial charge in [0.1, 0.15) is 5.82 Å². The first-order valence-electron chi connectivity index (χ1n) is 7.08. The highest BCUT2D eigenvalue weighted by Gasteiger charge is 2.16. The van der Waals surface area contributed by atoms with Crippen LogP contribution < -0.4 is 10.6 Å². The number of rotatable bonds is 5. The summed E-state index contributed by atoms with van der Waals surface area (Å²) in [6.45, 7) is 3.41. The third-order valence-corrected chi connectivity index (χ3v) is 3.51. The Balaban J connectivity index is 1.74. The van der Waals surface area contributed by atoms with Crippen molar-refractivity contribution in [2.24, 2.45) is 5.92 Å². The molecule has 0 spiro atoms. The number of nitrogens with zero attached hydrogens (tertiary/aromatic N) is 1. The Morgan fingerprint density at radius 2 is 2.20 bits per heavy atom. The molecule has 0 aliphatic carbocycles. The molecule has 1 saturated heterocycles. The van der Waals surface area contributed by atoms with E-state index in [9.17, 15) is 9.18 Å². The predicted octanol–water partition coefficient (Wildman–Crippen LogP) is 1.70. The van der Waals surface area contributed by atoms with Crippen molar-refractivity contribution in [3.8, 4) is 0 Å². The Morgan fingerprint density at radius 3 is 2.85 bits per heavy atom. The summed E-state index contributed by atoms with van der Waals surface area (Å²) in [5.74, 6) is 0.250. The summed E-state index contributed by atoms with van der Waals surface area (Å²) in [5.41, 5.74) is 0.629. The van der Waals surface area contributed by atoms with Crippen LogP contribution >= 0.6 is 0 Å². The van der Waals surface area contributed by atoms with Crippen LogP contribution in [-0.4, -0.2) is 44.0 Å². The first-order valence-corrected chi connectivity index (χ1v) is 7.08. The zero-order valence-electron chi connectivity index (χ0n) is 11.9. The Morgan fingerprint density at radius 1 is 1.45 bits per heavy atom. The lowest BCUT2D eigenvalue weighted by atomic mass is 9.99. The molecule has 1 aliphatic rings. The van der Waals surface area contributed by atoms with E-state index in [0.29, 0.717) is 18.2 Å². The number of hydrogen-bond acceptors (Lipinski definition) is 3. The van der Waals surface area contributed by atoms with Gasteiger partial charge in [0, 0.05) is 12.2 Å². The van der Waals surface area contributed by atoms with Gasteiger partial charge in [-0.05, 0) is 63.2 Å². The van der Waals surface area contributed by atoms with Crippen LogP contribution in [0.2, 0.25) is 0 Å². The van der Waals surface area contributed by atoms with Gasteiger partial charge >= 0.3 is 0 Å². The largest absolute Gasteiger partial charge is 0.325 e. The zero-order valence-corrected chi connectivity index (χ0v) is 11.9. The minimum absolute atomic E-state index is 0.0668. The summed E-state index contributed by atoms with van der Waals surface area (Å²) < 4.78 is 12.8. The summed E-state index contributed by atoms with van der Waals surface area (Å²) in [6.07, 6.45) is 2.43. The van der Waals surface area contributed by atoms with Crippen molar-refractivity contribution in [3.05, 3.63) is 30.1 Å². The van der Waals surface area contributed by atoms with Gasteiger partial charge in [0.05, 0.1) is 6.54 Å². The SMILES string of the molecule is CN(CC(=O)Nc1ccc(F)cc1)CC1CCCNC1. The van der Waals surface area contributed by atoms with E-state index in [-0.39, 0.29) is 11.7 Å². The third-order valence-electron chi connectivity index (χ3n) is 3.51. The van der Waals surface area contributed by atoms with Crippen molar-refractivity contribution in [2.45, 2.75) is 12.8 Å². The van der Waals surface area contributed by atoms with E-state index in [1.807, 2.05) is 11.9 Å². The molecule has 2 N–H and O–H groups in total. The molecule has 5 heteroatoms. The van der Waals surface area contributed by atoms with Crippen LogP contribution in [0, 0.1) is 11.7 Å². The van der Waals surface area contributed by atoms with Crippen molar-refractivity contribution >= 4 is 11.6 Å². The van der Waals surface area contributed by atoms with Crippen LogP contribution in [0.25, 0.3) is 0 Å². The molecule has 4 nitrogen and oxygen atoms in total. The minimum atomic E-state index is -0.301. The quantitative estimate of drug-likeness (QED) is 0.862. The van der Waals surface area contributed by atoms with E-state index in [0.717, 1.165) is 19.6 Å². The van der Waals surface area contributed by atoms with E-state index in [1.165, 1.54) is 25.0 Å². The molecular formula is C15H22FN3O. The molecule has 0 aromatic heterocycles. The van der Waals surface area contributed by atoms with E-state index < -0.39 is 0 Å². The van der Waals surface area contributed by atoms with E-state index in [1.54, 1.807) is 12.1 Å². The van der Waals surface area contributed by atoms with E-state index in [4.69, 9.17) is 0 Å². The highest BCUT2D eigenvalue weighted by molar-refractivity contribution is 5.92. The molecule has 1 amide bonds. The summed E-state index contributed by atoms with van der Waals surface area (Å²) in [4.78, 5) is 13.9. The van der Waals surface area contributed by atoms with Crippen LogP contribution in [0.3, 0.4) is 0 Å². The zero-order chi connectivity index (χ0) is 14.4. The first-order chi connectivity index (χ1) is 9.63. The highest BCUT2D eigenvalue weighted by Crippen LogP contribution is 2.11. The molecule has 1 aromatic rings. The van der Waals surface area contributed by atoms with E-state index >= 15 is 0 Å². The van der Waals surface area contributed by atoms with Gasteiger partial charge in [-0.2, -0.15) is 0 Å². The summed E-state index contributed by atoms with van der Waals surface area (Å²) in [7, 11) is 1.96. The fraction of sp³-hybridized carbons (Fsp3) is 0.533. The number of anilines is 1. The van der Waals surface area contributed by atoms with Gasteiger partial charge in [-0.3, -0.25) is 9.69 Å². The molecule has 1 fully saturated rings. The second-order valence-corrected chi connectivity index (χ2v) is 5.46. The lowest BCUT2D eigenvalue weighted by Crippen LogP contribution is -2.39. The molecule has 1 heterocycles. The third kappa shape index (κ3) is 4.90. The number of halogens is 1. The van der Waals surface area contributed by atoms with Gasteiger partial charge < -0.3 is 10.6 Å². The number of piperidine rings is 1. The van der Waals surface area contributed by atoms with Crippen LogP contribution in [0.1, 0.15) is 12.8 Å². The van der Waals surface area contributed by atoms with Crippen molar-refractivity contribution in [3.63, 3.8) is 0 Å². The molecular weight excluding hydrogens is 257 g/mol. The number of nitrogens with one attached hydrogen (secondary N) is 2. The number of carbonyl (C=O) groups excluding carboxylic acids is 1. The molecule has 110 valence electrons. The van der Waals surface area contributed by atoms with Gasteiger partial charge in [0.25, 0.3) is 0 Å². The number of amides is 1. The average Bonchev–Trinajstić information content (AvgIpc) is 2.42. The average molecular weight is 279 g/mol. The van der Waals surface area contributed by atoms with E-state index in [2.05, 4.69) is 10.6 Å². The minimum Gasteiger partial charge on any atom is -0.325 e. The molecule has 1 atom stereocenters. The fourth-order valence-corrected chi connectivity index (χ4v) is 2.56. The fourth-order valence-electron chi connectivity index (χ4n) is 2.56.